The van der Waals surface area contributed by atoms with Gasteiger partial charge in [0, 0.05) is 0 Å². The molecule has 1 amide bonds. The first-order chi connectivity index (χ1) is 10.5. The van der Waals surface area contributed by atoms with Crippen molar-refractivity contribution >= 4 is 34.8 Å². The van der Waals surface area contributed by atoms with Crippen molar-refractivity contribution < 1.29 is 4.79 Å². The van der Waals surface area contributed by atoms with Crippen LogP contribution in [0.1, 0.15) is 38.5 Å². The molecule has 118 valence electrons. The average Bonchev–Trinajstić information content (AvgIpc) is 2.47. The fraction of sp³-hybridized carbons (Fsp3) is 0.588. The predicted octanol–water partition coefficient (Wildman–Crippen LogP) is 4.42. The summed E-state index contributed by atoms with van der Waals surface area (Å²) in [7, 11) is 0. The van der Waals surface area contributed by atoms with Crippen LogP contribution in [0.15, 0.2) is 18.2 Å². The van der Waals surface area contributed by atoms with Crippen LogP contribution < -0.4 is 10.9 Å². The molecule has 1 aromatic carbocycles. The SMILES string of the molecule is NN(C(=O)C12CC3CC(CC(C3)C1)C2)c1cccc(Cl)c1Cl. The fourth-order valence-electron chi connectivity index (χ4n) is 5.42. The summed E-state index contributed by atoms with van der Waals surface area (Å²) >= 11 is 12.3. The number of nitrogens with zero attached hydrogens (tertiary/aromatic N) is 1. The van der Waals surface area contributed by atoms with Gasteiger partial charge in [-0.1, -0.05) is 29.3 Å². The zero-order chi connectivity index (χ0) is 15.5. The van der Waals surface area contributed by atoms with E-state index in [1.807, 2.05) is 0 Å². The molecule has 4 bridgehead atoms. The van der Waals surface area contributed by atoms with Gasteiger partial charge >= 0.3 is 0 Å². The third-order valence-corrected chi connectivity index (χ3v) is 6.71. The van der Waals surface area contributed by atoms with Crippen molar-refractivity contribution in [2.45, 2.75) is 38.5 Å². The van der Waals surface area contributed by atoms with Gasteiger partial charge in [-0.2, -0.15) is 0 Å². The van der Waals surface area contributed by atoms with Gasteiger partial charge in [-0.15, -0.1) is 0 Å². The molecule has 2 N–H and O–H groups in total. The normalized spacial score (nSPS) is 35.7. The number of benzene rings is 1. The summed E-state index contributed by atoms with van der Waals surface area (Å²) in [4.78, 5) is 13.2. The minimum Gasteiger partial charge on any atom is -0.272 e. The van der Waals surface area contributed by atoms with E-state index < -0.39 is 0 Å². The smallest absolute Gasteiger partial charge is 0.247 e. The van der Waals surface area contributed by atoms with E-state index in [0.29, 0.717) is 33.5 Å². The van der Waals surface area contributed by atoms with Crippen molar-refractivity contribution in [2.75, 3.05) is 5.01 Å². The van der Waals surface area contributed by atoms with Crippen LogP contribution in [-0.4, -0.2) is 5.91 Å². The largest absolute Gasteiger partial charge is 0.272 e. The summed E-state index contributed by atoms with van der Waals surface area (Å²) in [5.74, 6) is 8.31. The summed E-state index contributed by atoms with van der Waals surface area (Å²) in [6, 6.07) is 5.24. The summed E-state index contributed by atoms with van der Waals surface area (Å²) in [5, 5.41) is 2.03. The Morgan fingerprint density at radius 3 is 2.18 bits per heavy atom. The first-order valence-corrected chi connectivity index (χ1v) is 8.77. The molecule has 5 rings (SSSR count). The van der Waals surface area contributed by atoms with Crippen LogP contribution in [0, 0.1) is 23.2 Å². The molecule has 0 saturated heterocycles. The Kier molecular flexibility index (Phi) is 3.44. The summed E-state index contributed by atoms with van der Waals surface area (Å²) in [6.07, 6.45) is 6.87. The number of hydrogen-bond donors (Lipinski definition) is 1. The first-order valence-electron chi connectivity index (χ1n) is 8.02. The molecule has 0 aliphatic heterocycles. The number of rotatable bonds is 2. The quantitative estimate of drug-likeness (QED) is 0.493. The minimum absolute atomic E-state index is 0.0239. The molecule has 4 aliphatic rings. The molecule has 0 atom stereocenters. The Morgan fingerprint density at radius 1 is 1.09 bits per heavy atom. The standard InChI is InChI=1S/C17H20Cl2N2O/c18-13-2-1-3-14(15(13)19)21(20)16(22)17-7-10-4-11(8-17)6-12(5-10)9-17/h1-3,10-12H,4-9,20H2. The third kappa shape index (κ3) is 2.17. The molecule has 4 saturated carbocycles. The lowest BCUT2D eigenvalue weighted by Crippen LogP contribution is -2.56. The lowest BCUT2D eigenvalue weighted by molar-refractivity contribution is -0.143. The summed E-state index contributed by atoms with van der Waals surface area (Å²) in [6.45, 7) is 0. The second-order valence-electron chi connectivity index (χ2n) is 7.45. The molecule has 1 aromatic rings. The highest BCUT2D eigenvalue weighted by Crippen LogP contribution is 2.60. The number of carbonyl (C=O) groups excluding carboxylic acids is 1. The zero-order valence-electron chi connectivity index (χ0n) is 12.4. The van der Waals surface area contributed by atoms with E-state index in [1.165, 1.54) is 24.3 Å². The van der Waals surface area contributed by atoms with E-state index in [-0.39, 0.29) is 11.3 Å². The van der Waals surface area contributed by atoms with Gasteiger partial charge in [0.15, 0.2) is 0 Å². The summed E-state index contributed by atoms with van der Waals surface area (Å²) in [5.41, 5.74) is 0.240. The molecule has 4 aliphatic carbocycles. The van der Waals surface area contributed by atoms with E-state index in [0.717, 1.165) is 19.3 Å². The Morgan fingerprint density at radius 2 is 1.64 bits per heavy atom. The maximum Gasteiger partial charge on any atom is 0.247 e. The number of amides is 1. The predicted molar refractivity (Wildman–Crippen MR) is 88.7 cm³/mol. The lowest BCUT2D eigenvalue weighted by Gasteiger charge is -2.56. The summed E-state index contributed by atoms with van der Waals surface area (Å²) < 4.78 is 0. The zero-order valence-corrected chi connectivity index (χ0v) is 13.9. The number of halogens is 2. The van der Waals surface area contributed by atoms with Crippen molar-refractivity contribution in [3.63, 3.8) is 0 Å². The van der Waals surface area contributed by atoms with Crippen LogP contribution in [0.3, 0.4) is 0 Å². The monoisotopic (exact) mass is 338 g/mol. The minimum atomic E-state index is -0.269. The molecule has 0 heterocycles. The van der Waals surface area contributed by atoms with E-state index in [9.17, 15) is 4.79 Å². The number of anilines is 1. The topological polar surface area (TPSA) is 46.3 Å². The van der Waals surface area contributed by atoms with Crippen LogP contribution >= 0.6 is 23.2 Å². The van der Waals surface area contributed by atoms with Crippen molar-refractivity contribution in [3.05, 3.63) is 28.2 Å². The highest BCUT2D eigenvalue weighted by molar-refractivity contribution is 6.44. The number of nitrogens with two attached hydrogens (primary N) is 1. The third-order valence-electron chi connectivity index (χ3n) is 5.90. The van der Waals surface area contributed by atoms with E-state index in [2.05, 4.69) is 0 Å². The van der Waals surface area contributed by atoms with Crippen LogP contribution in [0.2, 0.25) is 10.0 Å². The molecule has 3 nitrogen and oxygen atoms in total. The Labute approximate surface area is 140 Å². The van der Waals surface area contributed by atoms with Crippen LogP contribution in [0.4, 0.5) is 5.69 Å². The van der Waals surface area contributed by atoms with E-state index in [4.69, 9.17) is 29.0 Å². The fourth-order valence-corrected chi connectivity index (χ4v) is 5.80. The van der Waals surface area contributed by atoms with Crippen LogP contribution in [0.5, 0.6) is 0 Å². The molecular formula is C17H20Cl2N2O. The highest BCUT2D eigenvalue weighted by atomic mass is 35.5. The molecule has 0 radical (unpaired) electrons. The highest BCUT2D eigenvalue weighted by Gasteiger charge is 2.55. The Balaban J connectivity index is 1.65. The average molecular weight is 339 g/mol. The molecule has 5 heteroatoms. The molecule has 0 aromatic heterocycles. The Bertz CT molecular complexity index is 596. The van der Waals surface area contributed by atoms with E-state index in [1.54, 1.807) is 18.2 Å². The van der Waals surface area contributed by atoms with Gasteiger partial charge < -0.3 is 0 Å². The van der Waals surface area contributed by atoms with Crippen molar-refractivity contribution in [1.29, 1.82) is 0 Å². The van der Waals surface area contributed by atoms with Gasteiger partial charge in [0.1, 0.15) is 0 Å². The van der Waals surface area contributed by atoms with Crippen molar-refractivity contribution in [3.8, 4) is 0 Å². The van der Waals surface area contributed by atoms with Gasteiger partial charge in [-0.05, 0) is 68.4 Å². The number of carbonyl (C=O) groups is 1. The van der Waals surface area contributed by atoms with Crippen LogP contribution in [-0.2, 0) is 4.79 Å². The maximum atomic E-state index is 13.2. The second kappa shape index (κ2) is 5.12. The van der Waals surface area contributed by atoms with Crippen molar-refractivity contribution in [1.82, 2.24) is 0 Å². The van der Waals surface area contributed by atoms with Gasteiger partial charge in [-0.3, -0.25) is 4.79 Å². The second-order valence-corrected chi connectivity index (χ2v) is 8.23. The van der Waals surface area contributed by atoms with Gasteiger partial charge in [0.05, 0.1) is 21.1 Å². The number of hydrogen-bond acceptors (Lipinski definition) is 2. The molecule has 0 unspecified atom stereocenters. The first kappa shape index (κ1) is 14.8. The molecule has 22 heavy (non-hydrogen) atoms. The van der Waals surface area contributed by atoms with Gasteiger partial charge in [0.25, 0.3) is 0 Å². The molecule has 0 spiro atoms. The maximum absolute atomic E-state index is 13.2. The van der Waals surface area contributed by atoms with Crippen molar-refractivity contribution in [2.24, 2.45) is 29.0 Å². The van der Waals surface area contributed by atoms with Crippen LogP contribution in [0.25, 0.3) is 0 Å². The van der Waals surface area contributed by atoms with Gasteiger partial charge in [-0.25, -0.2) is 10.9 Å². The molecular weight excluding hydrogens is 319 g/mol. The molecule has 4 fully saturated rings. The van der Waals surface area contributed by atoms with Gasteiger partial charge in [0.2, 0.25) is 5.91 Å². The Hall–Kier alpha value is -0.770. The van der Waals surface area contributed by atoms with E-state index >= 15 is 0 Å². The lowest BCUT2D eigenvalue weighted by atomic mass is 9.49. The number of hydrazine groups is 1.